The lowest BCUT2D eigenvalue weighted by Crippen LogP contribution is -2.27. The van der Waals surface area contributed by atoms with Crippen LogP contribution in [0.15, 0.2) is 34.2 Å². The number of benzene rings is 1. The standard InChI is InChI=1S/C22H24FN3O4S2/c1-4-26-21(29)19-18(14-7-9-15(23)10-8-14)13(2)32-20(19)25-22(26)31-12-16(27)24-11-5-6-17(28)30-3/h7-10H,4-6,11-12H2,1-3H3,(H,24,27). The lowest BCUT2D eigenvalue weighted by Gasteiger charge is -2.11. The zero-order valence-corrected chi connectivity index (χ0v) is 19.7. The Morgan fingerprint density at radius 2 is 2.00 bits per heavy atom. The summed E-state index contributed by atoms with van der Waals surface area (Å²) in [5, 5.41) is 3.74. The van der Waals surface area contributed by atoms with E-state index in [4.69, 9.17) is 0 Å². The number of fused-ring (bicyclic) bond motifs is 1. The molecule has 170 valence electrons. The van der Waals surface area contributed by atoms with Crippen molar-refractivity contribution in [3.63, 3.8) is 0 Å². The van der Waals surface area contributed by atoms with Crippen LogP contribution in [0.1, 0.15) is 24.6 Å². The zero-order chi connectivity index (χ0) is 23.3. The van der Waals surface area contributed by atoms with Crippen molar-refractivity contribution in [1.82, 2.24) is 14.9 Å². The van der Waals surface area contributed by atoms with Crippen LogP contribution in [0.5, 0.6) is 0 Å². The van der Waals surface area contributed by atoms with Crippen molar-refractivity contribution in [3.05, 3.63) is 45.3 Å². The lowest BCUT2D eigenvalue weighted by atomic mass is 10.0. The summed E-state index contributed by atoms with van der Waals surface area (Å²) in [7, 11) is 1.33. The Morgan fingerprint density at radius 3 is 2.66 bits per heavy atom. The van der Waals surface area contributed by atoms with E-state index in [1.165, 1.54) is 42.3 Å². The van der Waals surface area contributed by atoms with Crippen molar-refractivity contribution in [2.24, 2.45) is 0 Å². The Morgan fingerprint density at radius 1 is 1.28 bits per heavy atom. The number of aryl methyl sites for hydroxylation is 1. The van der Waals surface area contributed by atoms with Crippen LogP contribution in [0, 0.1) is 12.7 Å². The monoisotopic (exact) mass is 477 g/mol. The van der Waals surface area contributed by atoms with Gasteiger partial charge in [-0.15, -0.1) is 11.3 Å². The molecule has 3 rings (SSSR count). The second-order valence-corrected chi connectivity index (χ2v) is 9.13. The highest BCUT2D eigenvalue weighted by atomic mass is 32.2. The first kappa shape index (κ1) is 23.9. The summed E-state index contributed by atoms with van der Waals surface area (Å²) in [6.07, 6.45) is 0.735. The van der Waals surface area contributed by atoms with Gasteiger partial charge in [0.15, 0.2) is 5.16 Å². The van der Waals surface area contributed by atoms with Crippen LogP contribution in [0.3, 0.4) is 0 Å². The molecule has 0 fully saturated rings. The number of thioether (sulfide) groups is 1. The van der Waals surface area contributed by atoms with Gasteiger partial charge in [0, 0.05) is 30.0 Å². The van der Waals surface area contributed by atoms with Crippen LogP contribution in [0.2, 0.25) is 0 Å². The van der Waals surface area contributed by atoms with Gasteiger partial charge < -0.3 is 10.1 Å². The molecule has 0 atom stereocenters. The molecular weight excluding hydrogens is 453 g/mol. The first-order valence-corrected chi connectivity index (χ1v) is 11.9. The van der Waals surface area contributed by atoms with E-state index in [1.807, 2.05) is 13.8 Å². The fraction of sp³-hybridized carbons (Fsp3) is 0.364. The molecule has 1 N–H and O–H groups in total. The highest BCUT2D eigenvalue weighted by Crippen LogP contribution is 2.36. The zero-order valence-electron chi connectivity index (χ0n) is 18.1. The van der Waals surface area contributed by atoms with Gasteiger partial charge in [-0.3, -0.25) is 19.0 Å². The fourth-order valence-corrected chi connectivity index (χ4v) is 5.25. The quantitative estimate of drug-likeness (QED) is 0.218. The highest BCUT2D eigenvalue weighted by Gasteiger charge is 2.20. The highest BCUT2D eigenvalue weighted by molar-refractivity contribution is 7.99. The van der Waals surface area contributed by atoms with Gasteiger partial charge in [0.05, 0.1) is 18.2 Å². The van der Waals surface area contributed by atoms with Crippen molar-refractivity contribution < 1.29 is 18.7 Å². The molecule has 10 heteroatoms. The summed E-state index contributed by atoms with van der Waals surface area (Å²) in [5.74, 6) is -0.751. The van der Waals surface area contributed by atoms with E-state index in [0.29, 0.717) is 34.9 Å². The van der Waals surface area contributed by atoms with Crippen LogP contribution >= 0.6 is 23.1 Å². The Balaban J connectivity index is 1.80. The van der Waals surface area contributed by atoms with Gasteiger partial charge in [-0.05, 0) is 38.0 Å². The molecule has 2 aromatic heterocycles. The minimum absolute atomic E-state index is 0.103. The van der Waals surface area contributed by atoms with E-state index < -0.39 is 0 Å². The summed E-state index contributed by atoms with van der Waals surface area (Å²) >= 11 is 2.60. The molecule has 0 aliphatic carbocycles. The summed E-state index contributed by atoms with van der Waals surface area (Å²) in [5.41, 5.74) is 1.36. The minimum atomic E-state index is -0.336. The third-order valence-electron chi connectivity index (χ3n) is 4.84. The number of esters is 1. The topological polar surface area (TPSA) is 90.3 Å². The number of nitrogens with zero attached hydrogens (tertiary/aromatic N) is 2. The maximum atomic E-state index is 13.4. The Bertz CT molecular complexity index is 1190. The normalized spacial score (nSPS) is 11.0. The molecule has 0 saturated carbocycles. The van der Waals surface area contributed by atoms with Crippen molar-refractivity contribution in [2.75, 3.05) is 19.4 Å². The fourth-order valence-electron chi connectivity index (χ4n) is 3.27. The average molecular weight is 478 g/mol. The number of carbonyl (C=O) groups is 2. The van der Waals surface area contributed by atoms with Gasteiger partial charge in [-0.1, -0.05) is 23.9 Å². The number of aromatic nitrogens is 2. The number of carbonyl (C=O) groups excluding carboxylic acids is 2. The number of rotatable bonds is 9. The molecule has 2 heterocycles. The predicted molar refractivity (Wildman–Crippen MR) is 125 cm³/mol. The number of amides is 1. The molecule has 0 unspecified atom stereocenters. The molecule has 32 heavy (non-hydrogen) atoms. The van der Waals surface area contributed by atoms with E-state index >= 15 is 0 Å². The number of halogens is 1. The number of hydrogen-bond donors (Lipinski definition) is 1. The van der Waals surface area contributed by atoms with E-state index in [9.17, 15) is 18.8 Å². The van der Waals surface area contributed by atoms with Gasteiger partial charge in [-0.25, -0.2) is 9.37 Å². The maximum Gasteiger partial charge on any atom is 0.305 e. The van der Waals surface area contributed by atoms with E-state index in [2.05, 4.69) is 15.0 Å². The summed E-state index contributed by atoms with van der Waals surface area (Å²) in [6, 6.07) is 6.07. The molecule has 0 radical (unpaired) electrons. The molecule has 1 amide bonds. The molecule has 0 aliphatic rings. The molecule has 0 saturated heterocycles. The molecule has 0 aliphatic heterocycles. The third-order valence-corrected chi connectivity index (χ3v) is 6.82. The lowest BCUT2D eigenvalue weighted by molar-refractivity contribution is -0.140. The molecule has 1 aromatic carbocycles. The average Bonchev–Trinajstić information content (AvgIpc) is 3.11. The summed E-state index contributed by atoms with van der Waals surface area (Å²) < 4.78 is 19.5. The number of hydrogen-bond acceptors (Lipinski definition) is 7. The summed E-state index contributed by atoms with van der Waals surface area (Å²) in [4.78, 5) is 42.8. The molecule has 0 spiro atoms. The van der Waals surface area contributed by atoms with Gasteiger partial charge in [0.25, 0.3) is 5.56 Å². The van der Waals surface area contributed by atoms with Gasteiger partial charge >= 0.3 is 5.97 Å². The second-order valence-electron chi connectivity index (χ2n) is 6.98. The van der Waals surface area contributed by atoms with E-state index in [-0.39, 0.29) is 35.4 Å². The van der Waals surface area contributed by atoms with Crippen molar-refractivity contribution >= 4 is 45.2 Å². The summed E-state index contributed by atoms with van der Waals surface area (Å²) in [6.45, 7) is 4.54. The number of ether oxygens (including phenoxy) is 1. The van der Waals surface area contributed by atoms with Crippen molar-refractivity contribution in [1.29, 1.82) is 0 Å². The van der Waals surface area contributed by atoms with E-state index in [1.54, 1.807) is 16.7 Å². The minimum Gasteiger partial charge on any atom is -0.469 e. The smallest absolute Gasteiger partial charge is 0.305 e. The third kappa shape index (κ3) is 5.36. The van der Waals surface area contributed by atoms with Crippen LogP contribution in [-0.4, -0.2) is 40.8 Å². The Kier molecular flexibility index (Phi) is 8.03. The number of methoxy groups -OCH3 is 1. The van der Waals surface area contributed by atoms with Gasteiger partial charge in [-0.2, -0.15) is 0 Å². The van der Waals surface area contributed by atoms with Crippen LogP contribution < -0.4 is 10.9 Å². The molecule has 7 nitrogen and oxygen atoms in total. The SMILES string of the molecule is CCn1c(SCC(=O)NCCCC(=O)OC)nc2sc(C)c(-c3ccc(F)cc3)c2c1=O. The molecular formula is C22H24FN3O4S2. The van der Waals surface area contributed by atoms with Gasteiger partial charge in [0.1, 0.15) is 10.6 Å². The molecule has 3 aromatic rings. The van der Waals surface area contributed by atoms with Crippen LogP contribution in [0.25, 0.3) is 21.3 Å². The number of thiophene rings is 1. The van der Waals surface area contributed by atoms with Crippen molar-refractivity contribution in [2.45, 2.75) is 38.4 Å². The molecule has 0 bridgehead atoms. The Labute approximate surface area is 193 Å². The van der Waals surface area contributed by atoms with Gasteiger partial charge in [0.2, 0.25) is 5.91 Å². The maximum absolute atomic E-state index is 13.4. The largest absolute Gasteiger partial charge is 0.469 e. The van der Waals surface area contributed by atoms with Crippen LogP contribution in [-0.2, 0) is 20.9 Å². The first-order valence-electron chi connectivity index (χ1n) is 10.1. The Hall–Kier alpha value is -2.72. The van der Waals surface area contributed by atoms with Crippen molar-refractivity contribution in [3.8, 4) is 11.1 Å². The van der Waals surface area contributed by atoms with E-state index in [0.717, 1.165) is 16.0 Å². The van der Waals surface area contributed by atoms with Crippen LogP contribution in [0.4, 0.5) is 4.39 Å². The number of nitrogens with one attached hydrogen (secondary N) is 1. The predicted octanol–water partition coefficient (Wildman–Crippen LogP) is 3.75. The second kappa shape index (κ2) is 10.7. The first-order chi connectivity index (χ1) is 15.3.